The van der Waals surface area contributed by atoms with Crippen LogP contribution in [0.1, 0.15) is 31.8 Å². The van der Waals surface area contributed by atoms with E-state index in [2.05, 4.69) is 30.5 Å². The number of nitrogens with one attached hydrogen (secondary N) is 2. The fourth-order valence-corrected chi connectivity index (χ4v) is 3.46. The van der Waals surface area contributed by atoms with Crippen molar-refractivity contribution in [3.8, 4) is 5.75 Å². The van der Waals surface area contributed by atoms with Crippen molar-refractivity contribution in [1.82, 2.24) is 25.1 Å². The highest BCUT2D eigenvalue weighted by Gasteiger charge is 2.19. The smallest absolute Gasteiger partial charge is 0.342 e. The Morgan fingerprint density at radius 1 is 0.946 bits per heavy atom. The molecule has 184 valence electrons. The Morgan fingerprint density at radius 3 is 2.32 bits per heavy atom. The molecule has 0 aliphatic carbocycles. The van der Waals surface area contributed by atoms with Crippen LogP contribution in [0.15, 0.2) is 79.4 Å². The van der Waals surface area contributed by atoms with E-state index in [0.29, 0.717) is 29.0 Å². The maximum absolute atomic E-state index is 12.8. The maximum Gasteiger partial charge on any atom is 0.342 e. The van der Waals surface area contributed by atoms with Crippen LogP contribution >= 0.6 is 0 Å². The van der Waals surface area contributed by atoms with Gasteiger partial charge in [-0.05, 0) is 42.5 Å². The van der Waals surface area contributed by atoms with Crippen molar-refractivity contribution in [2.24, 2.45) is 0 Å². The van der Waals surface area contributed by atoms with Crippen LogP contribution < -0.4 is 15.8 Å². The molecule has 0 fully saturated rings. The summed E-state index contributed by atoms with van der Waals surface area (Å²) in [6.07, 6.45) is 6.65. The molecule has 4 aromatic heterocycles. The quantitative estimate of drug-likeness (QED) is 0.274. The molecule has 0 spiro atoms. The Labute approximate surface area is 210 Å². The number of carbonyl (C=O) groups is 2. The standard InChI is InChI=1S/C26H21N7O4/c27-22-20(26(35)37-15-17-4-2-10-29-13-17)11-21-23(30-22)32-33-24(21)31-25(34)18-5-7-19(8-6-18)36-14-16-3-1-9-28-12-16/h1-13H,14-15H2,(H4,27,30,31,32,33,34). The van der Waals surface area contributed by atoms with E-state index in [1.165, 1.54) is 6.07 Å². The number of hydrogen-bond donors (Lipinski definition) is 3. The maximum atomic E-state index is 12.8. The molecule has 37 heavy (non-hydrogen) atoms. The third-order valence-electron chi connectivity index (χ3n) is 5.37. The third kappa shape index (κ3) is 5.51. The van der Waals surface area contributed by atoms with E-state index in [1.807, 2.05) is 12.1 Å². The van der Waals surface area contributed by atoms with Gasteiger partial charge in [0.05, 0.1) is 5.39 Å². The molecule has 0 aliphatic heterocycles. The van der Waals surface area contributed by atoms with Crippen LogP contribution in [0.5, 0.6) is 5.75 Å². The van der Waals surface area contributed by atoms with E-state index in [0.717, 1.165) is 11.1 Å². The normalized spacial score (nSPS) is 10.7. The Balaban J connectivity index is 1.27. The second kappa shape index (κ2) is 10.5. The number of carbonyl (C=O) groups excluding carboxylic acids is 2. The predicted octanol–water partition coefficient (Wildman–Crippen LogP) is 3.52. The molecule has 1 aromatic carbocycles. The predicted molar refractivity (Wildman–Crippen MR) is 135 cm³/mol. The lowest BCUT2D eigenvalue weighted by molar-refractivity contribution is 0.0473. The Bertz CT molecular complexity index is 1540. The second-order valence-electron chi connectivity index (χ2n) is 7.96. The summed E-state index contributed by atoms with van der Waals surface area (Å²) < 4.78 is 11.1. The molecule has 5 aromatic rings. The van der Waals surface area contributed by atoms with Gasteiger partial charge < -0.3 is 20.5 Å². The zero-order valence-corrected chi connectivity index (χ0v) is 19.4. The largest absolute Gasteiger partial charge is 0.489 e. The Morgan fingerprint density at radius 2 is 1.65 bits per heavy atom. The van der Waals surface area contributed by atoms with E-state index < -0.39 is 11.9 Å². The summed E-state index contributed by atoms with van der Waals surface area (Å²) in [6, 6.07) is 15.4. The summed E-state index contributed by atoms with van der Waals surface area (Å²) in [4.78, 5) is 37.7. The summed E-state index contributed by atoms with van der Waals surface area (Å²) >= 11 is 0. The number of hydrogen-bond acceptors (Lipinski definition) is 9. The highest BCUT2D eigenvalue weighted by molar-refractivity contribution is 6.08. The lowest BCUT2D eigenvalue weighted by Crippen LogP contribution is -2.13. The summed E-state index contributed by atoms with van der Waals surface area (Å²) in [5.74, 6) is -0.265. The molecular formula is C26H21N7O4. The van der Waals surface area contributed by atoms with Gasteiger partial charge in [0.25, 0.3) is 5.91 Å². The van der Waals surface area contributed by atoms with Crippen LogP contribution in [0.25, 0.3) is 11.0 Å². The zero-order chi connectivity index (χ0) is 25.6. The van der Waals surface area contributed by atoms with Crippen molar-refractivity contribution in [1.29, 1.82) is 0 Å². The number of benzene rings is 1. The molecule has 0 aliphatic rings. The third-order valence-corrected chi connectivity index (χ3v) is 5.37. The van der Waals surface area contributed by atoms with Crippen molar-refractivity contribution in [3.05, 3.63) is 102 Å². The topological polar surface area (TPSA) is 158 Å². The van der Waals surface area contributed by atoms with Crippen molar-refractivity contribution in [2.45, 2.75) is 13.2 Å². The molecule has 11 heteroatoms. The lowest BCUT2D eigenvalue weighted by Gasteiger charge is -2.08. The molecule has 4 N–H and O–H groups in total. The number of esters is 1. The van der Waals surface area contributed by atoms with E-state index in [-0.39, 0.29) is 23.8 Å². The van der Waals surface area contributed by atoms with E-state index >= 15 is 0 Å². The summed E-state index contributed by atoms with van der Waals surface area (Å²) in [7, 11) is 0. The number of pyridine rings is 3. The average Bonchev–Trinajstić information content (AvgIpc) is 3.32. The van der Waals surface area contributed by atoms with Crippen molar-refractivity contribution in [3.63, 3.8) is 0 Å². The monoisotopic (exact) mass is 495 g/mol. The molecular weight excluding hydrogens is 474 g/mol. The number of rotatable bonds is 8. The van der Waals surface area contributed by atoms with Crippen molar-refractivity contribution < 1.29 is 19.1 Å². The number of amides is 1. The average molecular weight is 495 g/mol. The Kier molecular flexibility index (Phi) is 6.66. The summed E-state index contributed by atoms with van der Waals surface area (Å²) in [5.41, 5.74) is 8.39. The minimum atomic E-state index is -0.656. The molecule has 4 heterocycles. The van der Waals surface area contributed by atoms with Crippen LogP contribution in [-0.2, 0) is 18.0 Å². The molecule has 11 nitrogen and oxygen atoms in total. The van der Waals surface area contributed by atoms with Crippen LogP contribution in [-0.4, -0.2) is 37.0 Å². The first-order valence-corrected chi connectivity index (χ1v) is 11.2. The van der Waals surface area contributed by atoms with Gasteiger partial charge in [0.2, 0.25) is 0 Å². The lowest BCUT2D eigenvalue weighted by atomic mass is 10.2. The van der Waals surface area contributed by atoms with Gasteiger partial charge in [0.1, 0.15) is 30.3 Å². The van der Waals surface area contributed by atoms with Crippen LogP contribution in [0, 0.1) is 0 Å². The number of aromatic amines is 1. The highest BCUT2D eigenvalue weighted by atomic mass is 16.5. The number of nitrogen functional groups attached to an aromatic ring is 1. The summed E-state index contributed by atoms with van der Waals surface area (Å²) in [6.45, 7) is 0.392. The zero-order valence-electron chi connectivity index (χ0n) is 19.4. The second-order valence-corrected chi connectivity index (χ2v) is 7.96. The number of anilines is 2. The minimum absolute atomic E-state index is 0.0212. The van der Waals surface area contributed by atoms with Gasteiger partial charge in [-0.15, -0.1) is 0 Å². The molecule has 0 atom stereocenters. The molecule has 5 rings (SSSR count). The number of H-pyrrole nitrogens is 1. The molecule has 1 amide bonds. The number of nitrogens with zero attached hydrogens (tertiary/aromatic N) is 4. The highest BCUT2D eigenvalue weighted by Crippen LogP contribution is 2.25. The molecule has 0 saturated carbocycles. The van der Waals surface area contributed by atoms with Crippen LogP contribution in [0.2, 0.25) is 0 Å². The number of nitrogens with two attached hydrogens (primary N) is 1. The fourth-order valence-electron chi connectivity index (χ4n) is 3.46. The molecule has 0 bridgehead atoms. The van der Waals surface area contributed by atoms with Gasteiger partial charge in [-0.1, -0.05) is 12.1 Å². The van der Waals surface area contributed by atoms with Gasteiger partial charge in [-0.25, -0.2) is 9.78 Å². The van der Waals surface area contributed by atoms with Crippen LogP contribution in [0.4, 0.5) is 11.6 Å². The SMILES string of the molecule is Nc1nc2[nH]nc(NC(=O)c3ccc(OCc4cccnc4)cc3)c2cc1C(=O)OCc1cccnc1. The van der Waals surface area contributed by atoms with Gasteiger partial charge in [-0.2, -0.15) is 5.10 Å². The first-order chi connectivity index (χ1) is 18.1. The first-order valence-electron chi connectivity index (χ1n) is 11.2. The van der Waals surface area contributed by atoms with Gasteiger partial charge >= 0.3 is 5.97 Å². The van der Waals surface area contributed by atoms with Crippen LogP contribution in [0.3, 0.4) is 0 Å². The van der Waals surface area contributed by atoms with E-state index in [1.54, 1.807) is 61.2 Å². The summed E-state index contributed by atoms with van der Waals surface area (Å²) in [5, 5.41) is 9.96. The number of aromatic nitrogens is 5. The number of fused-ring (bicyclic) bond motifs is 1. The van der Waals surface area contributed by atoms with E-state index in [4.69, 9.17) is 15.2 Å². The van der Waals surface area contributed by atoms with Gasteiger partial charge in [0.15, 0.2) is 11.5 Å². The first kappa shape index (κ1) is 23.4. The fraction of sp³-hybridized carbons (Fsp3) is 0.0769. The molecule has 0 saturated heterocycles. The van der Waals surface area contributed by atoms with Gasteiger partial charge in [0, 0.05) is 41.5 Å². The molecule has 0 radical (unpaired) electrons. The van der Waals surface area contributed by atoms with Crippen molar-refractivity contribution >= 4 is 34.5 Å². The molecule has 0 unspecified atom stereocenters. The minimum Gasteiger partial charge on any atom is -0.489 e. The number of ether oxygens (including phenoxy) is 2. The Hall–Kier alpha value is -5.32. The van der Waals surface area contributed by atoms with Gasteiger partial charge in [-0.3, -0.25) is 19.9 Å². The van der Waals surface area contributed by atoms with E-state index in [9.17, 15) is 9.59 Å². The van der Waals surface area contributed by atoms with Crippen molar-refractivity contribution in [2.75, 3.05) is 11.1 Å².